The van der Waals surface area contributed by atoms with Crippen LogP contribution in [-0.4, -0.2) is 24.0 Å². The number of pyridine rings is 1. The summed E-state index contributed by atoms with van der Waals surface area (Å²) in [5.41, 5.74) is 2.31. The Morgan fingerprint density at radius 1 is 1.29 bits per heavy atom. The van der Waals surface area contributed by atoms with E-state index in [9.17, 15) is 10.1 Å². The lowest BCUT2D eigenvalue weighted by Crippen LogP contribution is -2.25. The van der Waals surface area contributed by atoms with Crippen LogP contribution in [0.5, 0.6) is 0 Å². The third kappa shape index (κ3) is 3.90. The SMILES string of the molecule is CC1CCc2c(sc(NC(=O)c3ccc(N4CCCCCC4)nc3)c2C#N)C1. The van der Waals surface area contributed by atoms with Crippen molar-refractivity contribution in [3.05, 3.63) is 39.9 Å². The van der Waals surface area contributed by atoms with Gasteiger partial charge in [0.15, 0.2) is 0 Å². The normalized spacial score (nSPS) is 19.4. The largest absolute Gasteiger partial charge is 0.357 e. The molecule has 0 spiro atoms. The Morgan fingerprint density at radius 3 is 2.75 bits per heavy atom. The van der Waals surface area contributed by atoms with E-state index < -0.39 is 0 Å². The van der Waals surface area contributed by atoms with Gasteiger partial charge in [-0.3, -0.25) is 4.79 Å². The lowest BCUT2D eigenvalue weighted by Gasteiger charge is -2.21. The molecule has 0 aromatic carbocycles. The average Bonchev–Trinajstić information content (AvgIpc) is 2.86. The molecule has 1 aliphatic heterocycles. The number of rotatable bonds is 3. The average molecular weight is 395 g/mol. The van der Waals surface area contributed by atoms with Gasteiger partial charge >= 0.3 is 0 Å². The molecule has 1 unspecified atom stereocenters. The number of anilines is 2. The van der Waals surface area contributed by atoms with Crippen molar-refractivity contribution in [3.8, 4) is 6.07 Å². The van der Waals surface area contributed by atoms with Gasteiger partial charge in [0.25, 0.3) is 5.91 Å². The summed E-state index contributed by atoms with van der Waals surface area (Å²) in [6.07, 6.45) is 9.63. The van der Waals surface area contributed by atoms with Crippen molar-refractivity contribution >= 4 is 28.1 Å². The van der Waals surface area contributed by atoms with Crippen LogP contribution in [0.3, 0.4) is 0 Å². The van der Waals surface area contributed by atoms with Crippen molar-refractivity contribution in [3.63, 3.8) is 0 Å². The molecule has 2 aromatic rings. The van der Waals surface area contributed by atoms with E-state index >= 15 is 0 Å². The van der Waals surface area contributed by atoms with Crippen LogP contribution >= 0.6 is 11.3 Å². The van der Waals surface area contributed by atoms with Crippen LogP contribution in [0.25, 0.3) is 0 Å². The standard InChI is InChI=1S/C22H26N4OS/c1-15-6-8-17-18(13-23)22(28-19(17)12-15)25-21(27)16-7-9-20(24-14-16)26-10-4-2-3-5-11-26/h7,9,14-15H,2-6,8,10-12H2,1H3,(H,25,27). The Hall–Kier alpha value is -2.39. The Balaban J connectivity index is 1.49. The van der Waals surface area contributed by atoms with Crippen LogP contribution in [0.15, 0.2) is 18.3 Å². The van der Waals surface area contributed by atoms with Gasteiger partial charge in [0.1, 0.15) is 16.9 Å². The molecule has 2 aromatic heterocycles. The molecule has 2 aliphatic rings. The van der Waals surface area contributed by atoms with Crippen molar-refractivity contribution in [2.75, 3.05) is 23.3 Å². The maximum atomic E-state index is 12.7. The van der Waals surface area contributed by atoms with Gasteiger partial charge in [-0.1, -0.05) is 19.8 Å². The summed E-state index contributed by atoms with van der Waals surface area (Å²) in [6.45, 7) is 4.30. The number of nitrogens with zero attached hydrogens (tertiary/aromatic N) is 3. The molecule has 4 rings (SSSR count). The number of nitrogens with one attached hydrogen (secondary N) is 1. The zero-order chi connectivity index (χ0) is 19.5. The predicted molar refractivity (Wildman–Crippen MR) is 113 cm³/mol. The molecule has 1 fully saturated rings. The number of hydrogen-bond acceptors (Lipinski definition) is 5. The van der Waals surface area contributed by atoms with Crippen LogP contribution in [0, 0.1) is 17.2 Å². The molecule has 1 saturated heterocycles. The highest BCUT2D eigenvalue weighted by molar-refractivity contribution is 7.16. The van der Waals surface area contributed by atoms with Crippen LogP contribution in [0.1, 0.15) is 65.4 Å². The highest BCUT2D eigenvalue weighted by Gasteiger charge is 2.25. The first kappa shape index (κ1) is 18.9. The van der Waals surface area contributed by atoms with Gasteiger partial charge < -0.3 is 10.2 Å². The lowest BCUT2D eigenvalue weighted by molar-refractivity contribution is 0.102. The van der Waals surface area contributed by atoms with Gasteiger partial charge in [-0.25, -0.2) is 4.98 Å². The van der Waals surface area contributed by atoms with Crippen LogP contribution in [0.2, 0.25) is 0 Å². The van der Waals surface area contributed by atoms with Gasteiger partial charge in [-0.2, -0.15) is 5.26 Å². The second kappa shape index (κ2) is 8.32. The maximum Gasteiger partial charge on any atom is 0.257 e. The number of fused-ring (bicyclic) bond motifs is 1. The molecular weight excluding hydrogens is 368 g/mol. The van der Waals surface area contributed by atoms with Crippen molar-refractivity contribution in [2.45, 2.75) is 51.9 Å². The second-order valence-electron chi connectivity index (χ2n) is 7.93. The van der Waals surface area contributed by atoms with Crippen molar-refractivity contribution in [2.24, 2.45) is 5.92 Å². The number of hydrogen-bond donors (Lipinski definition) is 1. The zero-order valence-corrected chi connectivity index (χ0v) is 17.1. The van der Waals surface area contributed by atoms with Crippen LogP contribution < -0.4 is 10.2 Å². The third-order valence-electron chi connectivity index (χ3n) is 5.79. The van der Waals surface area contributed by atoms with Gasteiger partial charge in [0.05, 0.1) is 11.1 Å². The Morgan fingerprint density at radius 2 is 2.07 bits per heavy atom. The topological polar surface area (TPSA) is 69.0 Å². The first-order valence-corrected chi connectivity index (χ1v) is 11.0. The van der Waals surface area contributed by atoms with E-state index in [1.165, 1.54) is 30.6 Å². The number of aromatic nitrogens is 1. The summed E-state index contributed by atoms with van der Waals surface area (Å²) in [4.78, 5) is 20.8. The van der Waals surface area contributed by atoms with E-state index in [0.29, 0.717) is 22.0 Å². The fourth-order valence-corrected chi connectivity index (χ4v) is 5.50. The number of carbonyl (C=O) groups excluding carboxylic acids is 1. The van der Waals surface area contributed by atoms with Crippen LogP contribution in [-0.2, 0) is 12.8 Å². The third-order valence-corrected chi connectivity index (χ3v) is 6.96. The summed E-state index contributed by atoms with van der Waals surface area (Å²) >= 11 is 1.56. The zero-order valence-electron chi connectivity index (χ0n) is 16.3. The van der Waals surface area contributed by atoms with E-state index in [1.807, 2.05) is 12.1 Å². The molecule has 1 N–H and O–H groups in total. The first-order valence-electron chi connectivity index (χ1n) is 10.2. The summed E-state index contributed by atoms with van der Waals surface area (Å²) in [7, 11) is 0. The van der Waals surface area contributed by atoms with E-state index in [-0.39, 0.29) is 5.91 Å². The minimum atomic E-state index is -0.196. The number of carbonyl (C=O) groups is 1. The van der Waals surface area contributed by atoms with Crippen molar-refractivity contribution < 1.29 is 4.79 Å². The van der Waals surface area contributed by atoms with Crippen molar-refractivity contribution in [1.82, 2.24) is 4.98 Å². The summed E-state index contributed by atoms with van der Waals surface area (Å²) in [5.74, 6) is 1.38. The van der Waals surface area contributed by atoms with Gasteiger partial charge in [0.2, 0.25) is 0 Å². The maximum absolute atomic E-state index is 12.7. The Kier molecular flexibility index (Phi) is 5.63. The molecule has 146 valence electrons. The van der Waals surface area contributed by atoms with E-state index in [1.54, 1.807) is 17.5 Å². The number of amides is 1. The van der Waals surface area contributed by atoms with E-state index in [0.717, 1.165) is 43.7 Å². The molecule has 1 aliphatic carbocycles. The monoisotopic (exact) mass is 394 g/mol. The number of nitriles is 1. The Bertz CT molecular complexity index is 888. The molecule has 3 heterocycles. The minimum Gasteiger partial charge on any atom is -0.357 e. The highest BCUT2D eigenvalue weighted by Crippen LogP contribution is 2.39. The summed E-state index contributed by atoms with van der Waals surface area (Å²) in [6, 6.07) is 6.08. The Labute approximate surface area is 170 Å². The quantitative estimate of drug-likeness (QED) is 0.814. The molecule has 1 amide bonds. The summed E-state index contributed by atoms with van der Waals surface area (Å²) in [5, 5.41) is 13.2. The van der Waals surface area contributed by atoms with E-state index in [4.69, 9.17) is 0 Å². The molecule has 1 atom stereocenters. The molecule has 0 radical (unpaired) electrons. The molecule has 5 nitrogen and oxygen atoms in total. The number of thiophene rings is 1. The van der Waals surface area contributed by atoms with Crippen LogP contribution in [0.4, 0.5) is 10.8 Å². The van der Waals surface area contributed by atoms with Gasteiger partial charge in [-0.15, -0.1) is 11.3 Å². The summed E-state index contributed by atoms with van der Waals surface area (Å²) < 4.78 is 0. The fraction of sp³-hybridized carbons (Fsp3) is 0.500. The van der Waals surface area contributed by atoms with E-state index in [2.05, 4.69) is 28.2 Å². The van der Waals surface area contributed by atoms with Gasteiger partial charge in [-0.05, 0) is 55.7 Å². The molecule has 6 heteroatoms. The molecule has 28 heavy (non-hydrogen) atoms. The second-order valence-corrected chi connectivity index (χ2v) is 9.03. The highest BCUT2D eigenvalue weighted by atomic mass is 32.1. The van der Waals surface area contributed by atoms with Crippen molar-refractivity contribution in [1.29, 1.82) is 5.26 Å². The lowest BCUT2D eigenvalue weighted by atomic mass is 9.88. The first-order chi connectivity index (χ1) is 13.7. The molecular formula is C22H26N4OS. The smallest absolute Gasteiger partial charge is 0.257 e. The molecule has 0 saturated carbocycles. The predicted octanol–water partition coefficient (Wildman–Crippen LogP) is 4.77. The molecule has 0 bridgehead atoms. The minimum absolute atomic E-state index is 0.196. The van der Waals surface area contributed by atoms with Gasteiger partial charge in [0, 0.05) is 24.2 Å². The fourth-order valence-electron chi connectivity index (χ4n) is 4.14.